The first-order valence-electron chi connectivity index (χ1n) is 5.60. The predicted molar refractivity (Wildman–Crippen MR) is 66.8 cm³/mol. The van der Waals surface area contributed by atoms with Crippen molar-refractivity contribution in [1.82, 2.24) is 14.5 Å². The molecule has 3 heterocycles. The Morgan fingerprint density at radius 3 is 3.06 bits per heavy atom. The van der Waals surface area contributed by atoms with Gasteiger partial charge in [-0.3, -0.25) is 9.36 Å². The molecule has 0 N–H and O–H groups in total. The number of amides is 1. The second-order valence-electron chi connectivity index (χ2n) is 3.98. The van der Waals surface area contributed by atoms with Crippen LogP contribution in [0.5, 0.6) is 0 Å². The van der Waals surface area contributed by atoms with E-state index in [4.69, 9.17) is 4.74 Å². The van der Waals surface area contributed by atoms with E-state index in [9.17, 15) is 9.59 Å². The summed E-state index contributed by atoms with van der Waals surface area (Å²) >= 11 is 1.45. The Morgan fingerprint density at radius 1 is 1.39 bits per heavy atom. The van der Waals surface area contributed by atoms with Gasteiger partial charge >= 0.3 is 6.09 Å². The smallest absolute Gasteiger partial charge is 0.410 e. The van der Waals surface area contributed by atoms with Crippen molar-refractivity contribution in [3.63, 3.8) is 0 Å². The minimum absolute atomic E-state index is 0.0613. The van der Waals surface area contributed by atoms with Crippen LogP contribution in [0.1, 0.15) is 0 Å². The first kappa shape index (κ1) is 11.2. The molecule has 0 unspecified atom stereocenters. The Balaban J connectivity index is 1.80. The number of nitrogens with zero attached hydrogens (tertiary/aromatic N) is 3. The number of aromatic nitrogens is 2. The monoisotopic (exact) mass is 265 g/mol. The van der Waals surface area contributed by atoms with Crippen LogP contribution in [0.25, 0.3) is 10.2 Å². The highest BCUT2D eigenvalue weighted by molar-refractivity contribution is 7.16. The molecule has 1 amide bonds. The second kappa shape index (κ2) is 4.41. The molecular formula is C11H11N3O3S. The molecular weight excluding hydrogens is 254 g/mol. The zero-order valence-corrected chi connectivity index (χ0v) is 10.4. The van der Waals surface area contributed by atoms with Crippen molar-refractivity contribution in [2.24, 2.45) is 0 Å². The van der Waals surface area contributed by atoms with Gasteiger partial charge in [0.15, 0.2) is 0 Å². The van der Waals surface area contributed by atoms with E-state index in [0.29, 0.717) is 31.6 Å². The quantitative estimate of drug-likeness (QED) is 0.827. The van der Waals surface area contributed by atoms with Crippen LogP contribution >= 0.6 is 11.3 Å². The highest BCUT2D eigenvalue weighted by Crippen LogP contribution is 2.13. The lowest BCUT2D eigenvalue weighted by Crippen LogP contribution is -2.31. The molecule has 3 rings (SSSR count). The Hall–Kier alpha value is -1.89. The molecule has 0 bridgehead atoms. The molecule has 0 radical (unpaired) electrons. The number of fused-ring (bicyclic) bond motifs is 1. The van der Waals surface area contributed by atoms with Gasteiger partial charge in [-0.15, -0.1) is 11.3 Å². The fraction of sp³-hybridized carbons (Fsp3) is 0.364. The van der Waals surface area contributed by atoms with E-state index >= 15 is 0 Å². The van der Waals surface area contributed by atoms with Crippen LogP contribution in [-0.4, -0.2) is 40.2 Å². The highest BCUT2D eigenvalue weighted by Gasteiger charge is 2.21. The Kier molecular flexibility index (Phi) is 2.75. The Bertz CT molecular complexity index is 648. The molecule has 0 aromatic carbocycles. The minimum atomic E-state index is -0.312. The average Bonchev–Trinajstić information content (AvgIpc) is 2.98. The van der Waals surface area contributed by atoms with Crippen LogP contribution in [0, 0.1) is 0 Å². The summed E-state index contributed by atoms with van der Waals surface area (Å²) in [4.78, 5) is 29.9. The van der Waals surface area contributed by atoms with Crippen LogP contribution in [0.3, 0.4) is 0 Å². The third-order valence-corrected chi connectivity index (χ3v) is 3.73. The molecule has 2 aromatic rings. The van der Waals surface area contributed by atoms with Crippen molar-refractivity contribution in [3.05, 3.63) is 28.1 Å². The van der Waals surface area contributed by atoms with Gasteiger partial charge in [0.05, 0.1) is 18.3 Å². The molecule has 0 saturated carbocycles. The summed E-state index contributed by atoms with van der Waals surface area (Å²) in [5.41, 5.74) is -0.0613. The van der Waals surface area contributed by atoms with Crippen LogP contribution < -0.4 is 5.56 Å². The fourth-order valence-corrected chi connectivity index (χ4v) is 2.63. The third-order valence-electron chi connectivity index (χ3n) is 2.91. The van der Waals surface area contributed by atoms with E-state index in [1.807, 2.05) is 5.38 Å². The van der Waals surface area contributed by atoms with Gasteiger partial charge < -0.3 is 9.64 Å². The number of carbonyl (C=O) groups excluding carboxylic acids is 1. The molecule has 1 fully saturated rings. The van der Waals surface area contributed by atoms with Gasteiger partial charge in [-0.2, -0.15) is 0 Å². The molecule has 1 aliphatic rings. The standard InChI is InChI=1S/C11H11N3O3S/c15-10-8-1-6-18-9(8)12-7-14(10)3-2-13-4-5-17-11(13)16/h1,6-7H,2-5H2. The maximum absolute atomic E-state index is 12.1. The first-order chi connectivity index (χ1) is 8.75. The summed E-state index contributed by atoms with van der Waals surface area (Å²) in [7, 11) is 0. The zero-order chi connectivity index (χ0) is 12.5. The van der Waals surface area contributed by atoms with Crippen LogP contribution in [0.4, 0.5) is 4.79 Å². The molecule has 0 atom stereocenters. The third kappa shape index (κ3) is 1.86. The molecule has 2 aromatic heterocycles. The van der Waals surface area contributed by atoms with Gasteiger partial charge in [-0.25, -0.2) is 9.78 Å². The molecule has 1 saturated heterocycles. The number of ether oxygens (including phenoxy) is 1. The summed E-state index contributed by atoms with van der Waals surface area (Å²) in [5, 5.41) is 2.48. The summed E-state index contributed by atoms with van der Waals surface area (Å²) in [6.07, 6.45) is 1.22. The predicted octanol–water partition coefficient (Wildman–Crippen LogP) is 0.910. The molecule has 18 heavy (non-hydrogen) atoms. The molecule has 6 nitrogen and oxygen atoms in total. The van der Waals surface area contributed by atoms with Crippen molar-refractivity contribution >= 4 is 27.6 Å². The van der Waals surface area contributed by atoms with E-state index in [0.717, 1.165) is 4.83 Å². The van der Waals surface area contributed by atoms with E-state index in [1.54, 1.807) is 11.0 Å². The van der Waals surface area contributed by atoms with E-state index in [2.05, 4.69) is 4.98 Å². The minimum Gasteiger partial charge on any atom is -0.448 e. The van der Waals surface area contributed by atoms with E-state index in [1.165, 1.54) is 22.2 Å². The lowest BCUT2D eigenvalue weighted by atomic mass is 10.4. The number of carbonyl (C=O) groups is 1. The molecule has 1 aliphatic heterocycles. The molecule has 94 valence electrons. The second-order valence-corrected chi connectivity index (χ2v) is 4.88. The topological polar surface area (TPSA) is 64.4 Å². The zero-order valence-electron chi connectivity index (χ0n) is 9.54. The van der Waals surface area contributed by atoms with Gasteiger partial charge in [0.1, 0.15) is 11.4 Å². The van der Waals surface area contributed by atoms with Gasteiger partial charge in [0.25, 0.3) is 5.56 Å². The first-order valence-corrected chi connectivity index (χ1v) is 6.48. The van der Waals surface area contributed by atoms with Gasteiger partial charge in [-0.1, -0.05) is 0 Å². The SMILES string of the molecule is O=C1OCCN1CCn1cnc2sccc2c1=O. The largest absolute Gasteiger partial charge is 0.448 e. The lowest BCUT2D eigenvalue weighted by Gasteiger charge is -2.13. The molecule has 0 spiro atoms. The van der Waals surface area contributed by atoms with Crippen molar-refractivity contribution in [3.8, 4) is 0 Å². The van der Waals surface area contributed by atoms with Gasteiger partial charge in [-0.05, 0) is 11.4 Å². The number of cyclic esters (lactones) is 1. The normalized spacial score (nSPS) is 15.3. The summed E-state index contributed by atoms with van der Waals surface area (Å²) in [5.74, 6) is 0. The van der Waals surface area contributed by atoms with Gasteiger partial charge in [0, 0.05) is 13.1 Å². The molecule has 0 aliphatic carbocycles. The van der Waals surface area contributed by atoms with Crippen LogP contribution in [0.2, 0.25) is 0 Å². The Morgan fingerprint density at radius 2 is 2.28 bits per heavy atom. The highest BCUT2D eigenvalue weighted by atomic mass is 32.1. The number of hydrogen-bond acceptors (Lipinski definition) is 5. The van der Waals surface area contributed by atoms with Crippen molar-refractivity contribution < 1.29 is 9.53 Å². The van der Waals surface area contributed by atoms with Crippen LogP contribution in [0.15, 0.2) is 22.6 Å². The van der Waals surface area contributed by atoms with E-state index in [-0.39, 0.29) is 11.7 Å². The van der Waals surface area contributed by atoms with E-state index < -0.39 is 0 Å². The number of thiophene rings is 1. The summed E-state index contributed by atoms with van der Waals surface area (Å²) < 4.78 is 6.36. The van der Waals surface area contributed by atoms with Crippen molar-refractivity contribution in [1.29, 1.82) is 0 Å². The van der Waals surface area contributed by atoms with Crippen molar-refractivity contribution in [2.45, 2.75) is 6.54 Å². The van der Waals surface area contributed by atoms with Crippen LogP contribution in [-0.2, 0) is 11.3 Å². The lowest BCUT2D eigenvalue weighted by molar-refractivity contribution is 0.157. The summed E-state index contributed by atoms with van der Waals surface area (Å²) in [6.45, 7) is 1.92. The van der Waals surface area contributed by atoms with Gasteiger partial charge in [0.2, 0.25) is 0 Å². The molecule has 7 heteroatoms. The number of rotatable bonds is 3. The Labute approximate surface area is 106 Å². The fourth-order valence-electron chi connectivity index (χ4n) is 1.91. The number of hydrogen-bond donors (Lipinski definition) is 0. The maximum Gasteiger partial charge on any atom is 0.410 e. The van der Waals surface area contributed by atoms with Crippen molar-refractivity contribution in [2.75, 3.05) is 19.7 Å². The summed E-state index contributed by atoms with van der Waals surface area (Å²) in [6, 6.07) is 1.77. The average molecular weight is 265 g/mol. The maximum atomic E-state index is 12.1.